The van der Waals surface area contributed by atoms with Crippen LogP contribution in [-0.2, 0) is 17.6 Å². The normalized spacial score (nSPS) is 13.5. The average molecular weight is 344 g/mol. The lowest BCUT2D eigenvalue weighted by Crippen LogP contribution is -2.27. The molecule has 2 aromatic rings. The Morgan fingerprint density at radius 1 is 1.29 bits per heavy atom. The number of carbonyl (C=O) groups excluding carboxylic acids is 2. The summed E-state index contributed by atoms with van der Waals surface area (Å²) >= 11 is 1.47. The minimum atomic E-state index is -0.586. The van der Waals surface area contributed by atoms with Gasteiger partial charge >= 0.3 is 6.09 Å². The van der Waals surface area contributed by atoms with Crippen LogP contribution in [0.25, 0.3) is 0 Å². The quantitative estimate of drug-likeness (QED) is 0.847. The van der Waals surface area contributed by atoms with Crippen LogP contribution in [0.15, 0.2) is 24.5 Å². The molecule has 1 aliphatic carbocycles. The summed E-state index contributed by atoms with van der Waals surface area (Å²) in [7, 11) is 0. The number of pyridine rings is 1. The number of nitrogens with one attached hydrogen (secondary N) is 1. The molecule has 0 bridgehead atoms. The van der Waals surface area contributed by atoms with Gasteiger partial charge in [0.25, 0.3) is 0 Å². The summed E-state index contributed by atoms with van der Waals surface area (Å²) in [6, 6.07) is 3.48. The third-order valence-corrected chi connectivity index (χ3v) is 4.89. The maximum atomic E-state index is 12.9. The highest BCUT2D eigenvalue weighted by molar-refractivity contribution is 7.17. The Balaban J connectivity index is 1.93. The molecule has 0 unspecified atom stereocenters. The van der Waals surface area contributed by atoms with Crippen LogP contribution >= 0.6 is 11.3 Å². The molecule has 3 rings (SSSR count). The number of aromatic nitrogens is 1. The smallest absolute Gasteiger partial charge is 0.412 e. The zero-order valence-corrected chi connectivity index (χ0v) is 14.8. The summed E-state index contributed by atoms with van der Waals surface area (Å²) < 4.78 is 5.32. The van der Waals surface area contributed by atoms with Crippen molar-refractivity contribution >= 4 is 28.2 Å². The fourth-order valence-electron chi connectivity index (χ4n) is 2.77. The minimum Gasteiger partial charge on any atom is -0.444 e. The molecule has 6 heteroatoms. The van der Waals surface area contributed by atoms with E-state index in [0.29, 0.717) is 16.1 Å². The summed E-state index contributed by atoms with van der Waals surface area (Å²) in [6.45, 7) is 5.42. The highest BCUT2D eigenvalue weighted by Gasteiger charge is 2.29. The molecule has 0 aliphatic heterocycles. The van der Waals surface area contributed by atoms with Crippen LogP contribution in [-0.4, -0.2) is 22.5 Å². The molecule has 0 fully saturated rings. The molecule has 0 aromatic carbocycles. The second-order valence-corrected chi connectivity index (χ2v) is 7.86. The Labute approximate surface area is 145 Å². The number of carbonyl (C=O) groups is 2. The zero-order valence-electron chi connectivity index (χ0n) is 14.0. The third-order valence-electron chi connectivity index (χ3n) is 3.69. The fraction of sp³-hybridized carbons (Fsp3) is 0.389. The Morgan fingerprint density at radius 3 is 2.75 bits per heavy atom. The van der Waals surface area contributed by atoms with Gasteiger partial charge in [-0.2, -0.15) is 0 Å². The lowest BCUT2D eigenvalue weighted by molar-refractivity contribution is 0.0636. The lowest BCUT2D eigenvalue weighted by Gasteiger charge is -2.19. The fourth-order valence-corrected chi connectivity index (χ4v) is 4.04. The Kier molecular flexibility index (Phi) is 4.41. The van der Waals surface area contributed by atoms with Crippen LogP contribution in [0.1, 0.15) is 53.6 Å². The third kappa shape index (κ3) is 3.48. The van der Waals surface area contributed by atoms with Crippen LogP contribution in [0, 0.1) is 0 Å². The topological polar surface area (TPSA) is 68.3 Å². The van der Waals surface area contributed by atoms with E-state index in [1.54, 1.807) is 24.5 Å². The molecule has 5 nitrogen and oxygen atoms in total. The zero-order chi connectivity index (χ0) is 17.3. The molecule has 1 amide bonds. The van der Waals surface area contributed by atoms with Crippen LogP contribution in [0.5, 0.6) is 0 Å². The second-order valence-electron chi connectivity index (χ2n) is 6.76. The van der Waals surface area contributed by atoms with E-state index in [-0.39, 0.29) is 5.78 Å². The van der Waals surface area contributed by atoms with E-state index in [9.17, 15) is 9.59 Å². The number of ether oxygens (including phenoxy) is 1. The molecule has 0 spiro atoms. The first-order valence-electron chi connectivity index (χ1n) is 7.94. The van der Waals surface area contributed by atoms with Gasteiger partial charge in [0, 0.05) is 22.8 Å². The maximum absolute atomic E-state index is 12.9. The number of thiophene rings is 1. The van der Waals surface area contributed by atoms with E-state index in [1.807, 2.05) is 20.8 Å². The van der Waals surface area contributed by atoms with Gasteiger partial charge in [0.1, 0.15) is 10.6 Å². The first-order chi connectivity index (χ1) is 11.3. The van der Waals surface area contributed by atoms with Crippen molar-refractivity contribution < 1.29 is 14.3 Å². The number of fused-ring (bicyclic) bond motifs is 1. The molecular formula is C18H20N2O3S. The largest absolute Gasteiger partial charge is 0.444 e. The van der Waals surface area contributed by atoms with E-state index < -0.39 is 11.7 Å². The molecule has 24 heavy (non-hydrogen) atoms. The first-order valence-corrected chi connectivity index (χ1v) is 8.76. The predicted octanol–water partition coefficient (Wildman–Crippen LogP) is 4.21. The van der Waals surface area contributed by atoms with Gasteiger partial charge in [0.2, 0.25) is 0 Å². The second kappa shape index (κ2) is 6.36. The average Bonchev–Trinajstić information content (AvgIpc) is 3.06. The highest BCUT2D eigenvalue weighted by Crippen LogP contribution is 2.40. The number of hydrogen-bond donors (Lipinski definition) is 1. The van der Waals surface area contributed by atoms with Crippen LogP contribution in [0.3, 0.4) is 0 Å². The van der Waals surface area contributed by atoms with E-state index in [4.69, 9.17) is 4.74 Å². The van der Waals surface area contributed by atoms with Gasteiger partial charge in [-0.05, 0) is 57.7 Å². The lowest BCUT2D eigenvalue weighted by atomic mass is 10.0. The van der Waals surface area contributed by atoms with Gasteiger partial charge in [-0.15, -0.1) is 11.3 Å². The molecular weight excluding hydrogens is 324 g/mol. The predicted molar refractivity (Wildman–Crippen MR) is 93.9 cm³/mol. The first kappa shape index (κ1) is 16.6. The molecule has 0 saturated heterocycles. The van der Waals surface area contributed by atoms with Crippen molar-refractivity contribution in [2.75, 3.05) is 5.32 Å². The Hall–Kier alpha value is -2.21. The van der Waals surface area contributed by atoms with E-state index in [1.165, 1.54) is 16.2 Å². The Morgan fingerprint density at radius 2 is 2.08 bits per heavy atom. The number of nitrogens with zero attached hydrogens (tertiary/aromatic N) is 1. The number of hydrogen-bond acceptors (Lipinski definition) is 5. The van der Waals surface area contributed by atoms with Crippen molar-refractivity contribution in [3.05, 3.63) is 46.1 Å². The van der Waals surface area contributed by atoms with Gasteiger partial charge in [-0.25, -0.2) is 4.79 Å². The van der Waals surface area contributed by atoms with E-state index in [0.717, 1.165) is 24.8 Å². The van der Waals surface area contributed by atoms with Gasteiger partial charge in [0.15, 0.2) is 5.78 Å². The SMILES string of the molecule is CC(C)(C)OC(=O)Nc1sc2c(c1C(=O)c1cccnc1)CCC2. The summed E-state index contributed by atoms with van der Waals surface area (Å²) in [6.07, 6.45) is 5.50. The molecule has 0 saturated carbocycles. The molecule has 126 valence electrons. The minimum absolute atomic E-state index is 0.103. The standard InChI is InChI=1S/C18H20N2O3S/c1-18(2,3)23-17(22)20-16-14(12-7-4-8-13(12)24-16)15(21)11-6-5-9-19-10-11/h5-6,9-10H,4,7-8H2,1-3H3,(H,20,22). The van der Waals surface area contributed by atoms with Gasteiger partial charge < -0.3 is 4.74 Å². The van der Waals surface area contributed by atoms with Gasteiger partial charge in [-0.3, -0.25) is 15.1 Å². The Bertz CT molecular complexity index is 776. The van der Waals surface area contributed by atoms with Crippen molar-refractivity contribution in [3.63, 3.8) is 0 Å². The molecule has 2 heterocycles. The maximum Gasteiger partial charge on any atom is 0.412 e. The van der Waals surface area contributed by atoms with Crippen molar-refractivity contribution in [2.45, 2.75) is 45.6 Å². The van der Waals surface area contributed by atoms with Crippen molar-refractivity contribution in [2.24, 2.45) is 0 Å². The summed E-state index contributed by atoms with van der Waals surface area (Å²) in [4.78, 5) is 30.2. The molecule has 1 N–H and O–H groups in total. The van der Waals surface area contributed by atoms with Crippen LogP contribution in [0.4, 0.5) is 9.80 Å². The molecule has 0 radical (unpaired) electrons. The summed E-state index contributed by atoms with van der Waals surface area (Å²) in [5.74, 6) is -0.103. The number of anilines is 1. The van der Waals surface area contributed by atoms with Gasteiger partial charge in [-0.1, -0.05) is 0 Å². The van der Waals surface area contributed by atoms with E-state index in [2.05, 4.69) is 10.3 Å². The van der Waals surface area contributed by atoms with Crippen LogP contribution < -0.4 is 5.32 Å². The number of rotatable bonds is 3. The van der Waals surface area contributed by atoms with Crippen molar-refractivity contribution in [1.29, 1.82) is 0 Å². The number of amides is 1. The van der Waals surface area contributed by atoms with Crippen molar-refractivity contribution in [3.8, 4) is 0 Å². The summed E-state index contributed by atoms with van der Waals surface area (Å²) in [5.41, 5.74) is 1.58. The number of aryl methyl sites for hydroxylation is 1. The molecule has 0 atom stereocenters. The van der Waals surface area contributed by atoms with E-state index >= 15 is 0 Å². The number of ketones is 1. The highest BCUT2D eigenvalue weighted by atomic mass is 32.1. The van der Waals surface area contributed by atoms with Crippen LogP contribution in [0.2, 0.25) is 0 Å². The van der Waals surface area contributed by atoms with Gasteiger partial charge in [0.05, 0.1) is 5.56 Å². The van der Waals surface area contributed by atoms with Crippen molar-refractivity contribution in [1.82, 2.24) is 4.98 Å². The summed E-state index contributed by atoms with van der Waals surface area (Å²) in [5, 5.41) is 3.34. The molecule has 1 aliphatic rings. The molecule has 2 aromatic heterocycles. The monoisotopic (exact) mass is 344 g/mol.